The zero-order valence-electron chi connectivity index (χ0n) is 16.2. The molecule has 0 unspecified atom stereocenters. The standard InChI is InChI=1S/C22H20N2O4S2/c25-21-17-6-1-4-16-5-2-7-18(20(16)17)22(26)24(21)14-15-9-11-23(12-10-15)30(27,28)19-8-3-13-29-19/h1-8,13,15H,9-12,14H2. The van der Waals surface area contributed by atoms with Gasteiger partial charge in [0.05, 0.1) is 0 Å². The summed E-state index contributed by atoms with van der Waals surface area (Å²) in [6, 6.07) is 14.4. The SMILES string of the molecule is O=C1c2cccc3cccc(c23)C(=O)N1CC1CCN(S(=O)(=O)c2cccs2)CC1. The first-order valence-corrected chi connectivity index (χ1v) is 12.2. The van der Waals surface area contributed by atoms with Crippen LogP contribution in [0.25, 0.3) is 10.8 Å². The van der Waals surface area contributed by atoms with Crippen LogP contribution in [-0.2, 0) is 10.0 Å². The third kappa shape index (κ3) is 3.07. The van der Waals surface area contributed by atoms with Gasteiger partial charge in [0.1, 0.15) is 4.21 Å². The van der Waals surface area contributed by atoms with Crippen molar-refractivity contribution in [2.24, 2.45) is 5.92 Å². The van der Waals surface area contributed by atoms with Crippen LogP contribution in [0.2, 0.25) is 0 Å². The summed E-state index contributed by atoms with van der Waals surface area (Å²) in [7, 11) is -3.46. The normalized spacial score (nSPS) is 18.3. The highest BCUT2D eigenvalue weighted by Crippen LogP contribution is 2.32. The van der Waals surface area contributed by atoms with E-state index in [1.807, 2.05) is 24.3 Å². The first kappa shape index (κ1) is 19.4. The number of carbonyl (C=O) groups is 2. The first-order valence-electron chi connectivity index (χ1n) is 9.88. The summed E-state index contributed by atoms with van der Waals surface area (Å²) in [6.45, 7) is 1.11. The van der Waals surface area contributed by atoms with Gasteiger partial charge >= 0.3 is 0 Å². The summed E-state index contributed by atoms with van der Waals surface area (Å²) >= 11 is 1.22. The zero-order chi connectivity index (χ0) is 20.9. The summed E-state index contributed by atoms with van der Waals surface area (Å²) in [5.74, 6) is -0.451. The molecule has 154 valence electrons. The number of nitrogens with zero attached hydrogens (tertiary/aromatic N) is 2. The molecule has 2 amide bonds. The number of thiophene rings is 1. The van der Waals surface area contributed by atoms with Crippen LogP contribution in [0.5, 0.6) is 0 Å². The molecule has 2 aliphatic heterocycles. The van der Waals surface area contributed by atoms with E-state index in [4.69, 9.17) is 0 Å². The van der Waals surface area contributed by atoms with E-state index in [2.05, 4.69) is 0 Å². The smallest absolute Gasteiger partial charge is 0.261 e. The van der Waals surface area contributed by atoms with Gasteiger partial charge in [-0.2, -0.15) is 4.31 Å². The highest BCUT2D eigenvalue weighted by molar-refractivity contribution is 7.91. The van der Waals surface area contributed by atoms with E-state index in [1.165, 1.54) is 20.5 Å². The van der Waals surface area contributed by atoms with Gasteiger partial charge in [-0.25, -0.2) is 8.42 Å². The van der Waals surface area contributed by atoms with Crippen LogP contribution in [0, 0.1) is 5.92 Å². The van der Waals surface area contributed by atoms with E-state index < -0.39 is 10.0 Å². The number of sulfonamides is 1. The Kier molecular flexibility index (Phi) is 4.72. The Morgan fingerprint density at radius 1 is 0.900 bits per heavy atom. The number of hydrogen-bond donors (Lipinski definition) is 0. The number of imide groups is 1. The Bertz CT molecular complexity index is 1190. The van der Waals surface area contributed by atoms with Gasteiger partial charge in [-0.3, -0.25) is 14.5 Å². The fourth-order valence-corrected chi connectivity index (χ4v) is 6.99. The lowest BCUT2D eigenvalue weighted by atomic mass is 9.92. The van der Waals surface area contributed by atoms with E-state index >= 15 is 0 Å². The number of benzene rings is 2. The van der Waals surface area contributed by atoms with Crippen molar-refractivity contribution in [3.05, 3.63) is 65.0 Å². The third-order valence-corrected chi connectivity index (χ3v) is 9.23. The molecule has 5 rings (SSSR count). The topological polar surface area (TPSA) is 74.8 Å². The zero-order valence-corrected chi connectivity index (χ0v) is 17.8. The highest BCUT2D eigenvalue weighted by Gasteiger charge is 2.36. The molecule has 0 N–H and O–H groups in total. The lowest BCUT2D eigenvalue weighted by molar-refractivity contribution is 0.0567. The van der Waals surface area contributed by atoms with Crippen molar-refractivity contribution in [2.75, 3.05) is 19.6 Å². The van der Waals surface area contributed by atoms with Crippen LogP contribution >= 0.6 is 11.3 Å². The summed E-state index contributed by atoms with van der Waals surface area (Å²) in [6.07, 6.45) is 1.24. The maximum Gasteiger partial charge on any atom is 0.261 e. The fraction of sp³-hybridized carbons (Fsp3) is 0.273. The molecule has 1 saturated heterocycles. The monoisotopic (exact) mass is 440 g/mol. The van der Waals surface area contributed by atoms with Gasteiger partial charge in [-0.05, 0) is 47.7 Å². The molecule has 2 aliphatic rings. The minimum absolute atomic E-state index is 0.0807. The van der Waals surface area contributed by atoms with Crippen molar-refractivity contribution < 1.29 is 18.0 Å². The molecular formula is C22H20N2O4S2. The van der Waals surface area contributed by atoms with Gasteiger partial charge < -0.3 is 0 Å². The molecule has 6 nitrogen and oxygen atoms in total. The average Bonchev–Trinajstić information content (AvgIpc) is 3.31. The second-order valence-electron chi connectivity index (χ2n) is 7.71. The number of amides is 2. The fourth-order valence-electron chi connectivity index (χ4n) is 4.37. The van der Waals surface area contributed by atoms with E-state index in [0.717, 1.165) is 10.8 Å². The van der Waals surface area contributed by atoms with Gasteiger partial charge in [0, 0.05) is 36.1 Å². The highest BCUT2D eigenvalue weighted by atomic mass is 32.2. The lowest BCUT2D eigenvalue weighted by Crippen LogP contribution is -2.46. The summed E-state index contributed by atoms with van der Waals surface area (Å²) in [5.41, 5.74) is 1.11. The van der Waals surface area contributed by atoms with E-state index in [0.29, 0.717) is 47.8 Å². The Morgan fingerprint density at radius 3 is 2.10 bits per heavy atom. The molecule has 1 fully saturated rings. The Hall–Kier alpha value is -2.55. The number of hydrogen-bond acceptors (Lipinski definition) is 5. The predicted molar refractivity (Wildman–Crippen MR) is 115 cm³/mol. The van der Waals surface area contributed by atoms with Gasteiger partial charge in [0.2, 0.25) is 0 Å². The molecule has 0 aliphatic carbocycles. The lowest BCUT2D eigenvalue weighted by Gasteiger charge is -2.35. The van der Waals surface area contributed by atoms with Crippen LogP contribution in [0.15, 0.2) is 58.1 Å². The average molecular weight is 441 g/mol. The van der Waals surface area contributed by atoms with Gasteiger partial charge in [0.25, 0.3) is 21.8 Å². The molecule has 0 atom stereocenters. The van der Waals surface area contributed by atoms with Crippen molar-refractivity contribution in [3.8, 4) is 0 Å². The van der Waals surface area contributed by atoms with Crippen LogP contribution in [-0.4, -0.2) is 49.1 Å². The molecule has 2 aromatic carbocycles. The number of carbonyl (C=O) groups excluding carboxylic acids is 2. The largest absolute Gasteiger partial charge is 0.274 e. The second-order valence-corrected chi connectivity index (χ2v) is 10.8. The summed E-state index contributed by atoms with van der Waals surface area (Å²) in [5, 5.41) is 3.37. The van der Waals surface area contributed by atoms with Crippen LogP contribution in [0.1, 0.15) is 33.6 Å². The Balaban J connectivity index is 1.33. The molecule has 3 heterocycles. The van der Waals surface area contributed by atoms with E-state index in [-0.39, 0.29) is 17.7 Å². The molecule has 1 aromatic heterocycles. The first-order chi connectivity index (χ1) is 14.5. The number of piperidine rings is 1. The molecule has 0 bridgehead atoms. The van der Waals surface area contributed by atoms with Crippen molar-refractivity contribution in [1.29, 1.82) is 0 Å². The Labute approximate surface area is 178 Å². The number of rotatable bonds is 4. The summed E-state index contributed by atoms with van der Waals surface area (Å²) < 4.78 is 27.3. The Morgan fingerprint density at radius 2 is 1.53 bits per heavy atom. The summed E-state index contributed by atoms with van der Waals surface area (Å²) in [4.78, 5) is 27.5. The molecule has 0 spiro atoms. The molecule has 8 heteroatoms. The molecule has 30 heavy (non-hydrogen) atoms. The van der Waals surface area contributed by atoms with Gasteiger partial charge in [-0.15, -0.1) is 11.3 Å². The van der Waals surface area contributed by atoms with E-state index in [1.54, 1.807) is 29.6 Å². The van der Waals surface area contributed by atoms with Crippen LogP contribution in [0.4, 0.5) is 0 Å². The molecule has 3 aromatic rings. The van der Waals surface area contributed by atoms with E-state index in [9.17, 15) is 18.0 Å². The maximum absolute atomic E-state index is 13.1. The minimum Gasteiger partial charge on any atom is -0.274 e. The second kappa shape index (κ2) is 7.30. The van der Waals surface area contributed by atoms with Crippen LogP contribution in [0.3, 0.4) is 0 Å². The molecule has 0 saturated carbocycles. The van der Waals surface area contributed by atoms with Crippen molar-refractivity contribution in [2.45, 2.75) is 17.1 Å². The van der Waals surface area contributed by atoms with Crippen molar-refractivity contribution in [1.82, 2.24) is 9.21 Å². The minimum atomic E-state index is -3.46. The van der Waals surface area contributed by atoms with Crippen molar-refractivity contribution >= 4 is 43.9 Å². The van der Waals surface area contributed by atoms with Gasteiger partial charge in [0.15, 0.2) is 0 Å². The third-order valence-electron chi connectivity index (χ3n) is 5.96. The molecule has 0 radical (unpaired) electrons. The quantitative estimate of drug-likeness (QED) is 0.581. The van der Waals surface area contributed by atoms with Crippen molar-refractivity contribution in [3.63, 3.8) is 0 Å². The van der Waals surface area contributed by atoms with Crippen LogP contribution < -0.4 is 0 Å². The predicted octanol–water partition coefficient (Wildman–Crippen LogP) is 3.60. The van der Waals surface area contributed by atoms with Gasteiger partial charge in [-0.1, -0.05) is 30.3 Å². The molecular weight excluding hydrogens is 420 g/mol. The maximum atomic E-state index is 13.1.